The first kappa shape index (κ1) is 19.3. The number of fused-ring (bicyclic) bond motifs is 2. The minimum absolute atomic E-state index is 0.127. The van der Waals surface area contributed by atoms with Crippen molar-refractivity contribution in [3.63, 3.8) is 0 Å². The van der Waals surface area contributed by atoms with Crippen molar-refractivity contribution in [2.75, 3.05) is 32.8 Å². The maximum Gasteiger partial charge on any atom is 0.418 e. The maximum absolute atomic E-state index is 12.3. The van der Waals surface area contributed by atoms with E-state index in [0.717, 1.165) is 13.0 Å². The summed E-state index contributed by atoms with van der Waals surface area (Å²) in [4.78, 5) is 31.0. The molecular formula is C13H22N4O8S. The van der Waals surface area contributed by atoms with Gasteiger partial charge in [-0.05, 0) is 25.8 Å². The third kappa shape index (κ3) is 4.61. The third-order valence-electron chi connectivity index (χ3n) is 4.47. The van der Waals surface area contributed by atoms with E-state index >= 15 is 0 Å². The number of carbonyl (C=O) groups excluding carboxylic acids is 2. The predicted octanol–water partition coefficient (Wildman–Crippen LogP) is -1.58. The zero-order chi connectivity index (χ0) is 18.7. The largest absolute Gasteiger partial charge is 0.418 e. The van der Waals surface area contributed by atoms with Crippen molar-refractivity contribution in [2.45, 2.75) is 37.5 Å². The Labute approximate surface area is 150 Å². The molecule has 148 valence electrons. The summed E-state index contributed by atoms with van der Waals surface area (Å²) in [5, 5.41) is 3.78. The van der Waals surface area contributed by atoms with E-state index in [-0.39, 0.29) is 19.3 Å². The molecule has 0 aromatic heterocycles. The second-order valence-corrected chi connectivity index (χ2v) is 7.34. The molecule has 1 unspecified atom stereocenters. The number of hydrogen-bond donors (Lipinski definition) is 3. The lowest BCUT2D eigenvalue weighted by Crippen LogP contribution is -2.50. The van der Waals surface area contributed by atoms with Crippen molar-refractivity contribution in [1.82, 2.24) is 20.8 Å². The molecule has 12 nitrogen and oxygen atoms in total. The van der Waals surface area contributed by atoms with E-state index < -0.39 is 34.4 Å². The maximum atomic E-state index is 12.3. The minimum atomic E-state index is -4.81. The molecule has 3 fully saturated rings. The molecule has 0 radical (unpaired) electrons. The normalized spacial score (nSPS) is 29.6. The van der Waals surface area contributed by atoms with Crippen LogP contribution in [0.2, 0.25) is 0 Å². The highest BCUT2D eigenvalue weighted by Crippen LogP contribution is 2.30. The Morgan fingerprint density at radius 2 is 2.23 bits per heavy atom. The van der Waals surface area contributed by atoms with Crippen LogP contribution in [0.1, 0.15) is 19.3 Å². The fourth-order valence-corrected chi connectivity index (χ4v) is 3.64. The highest BCUT2D eigenvalue weighted by atomic mass is 32.3. The van der Waals surface area contributed by atoms with Crippen molar-refractivity contribution >= 4 is 22.3 Å². The predicted molar refractivity (Wildman–Crippen MR) is 84.7 cm³/mol. The van der Waals surface area contributed by atoms with E-state index in [0.29, 0.717) is 31.1 Å². The van der Waals surface area contributed by atoms with Crippen LogP contribution in [0.3, 0.4) is 0 Å². The molecular weight excluding hydrogens is 372 g/mol. The van der Waals surface area contributed by atoms with Gasteiger partial charge in [-0.15, -0.1) is 4.28 Å². The number of urea groups is 1. The zero-order valence-electron chi connectivity index (χ0n) is 14.0. The van der Waals surface area contributed by atoms with Gasteiger partial charge in [0.25, 0.3) is 5.91 Å². The molecule has 3 N–H and O–H groups in total. The first-order valence-corrected chi connectivity index (χ1v) is 9.72. The molecule has 2 bridgehead atoms. The Hall–Kier alpha value is -1.51. The number of piperidine rings is 1. The number of ether oxygens (including phenoxy) is 1. The third-order valence-corrected chi connectivity index (χ3v) is 4.81. The number of nitrogens with zero attached hydrogens (tertiary/aromatic N) is 2. The van der Waals surface area contributed by atoms with Gasteiger partial charge in [-0.2, -0.15) is 13.5 Å². The van der Waals surface area contributed by atoms with Crippen LogP contribution in [-0.4, -0.2) is 85.9 Å². The van der Waals surface area contributed by atoms with Crippen molar-refractivity contribution in [2.24, 2.45) is 0 Å². The molecule has 3 heterocycles. The lowest BCUT2D eigenvalue weighted by molar-refractivity contribution is -0.142. The van der Waals surface area contributed by atoms with E-state index in [1.807, 2.05) is 0 Å². The van der Waals surface area contributed by atoms with E-state index in [4.69, 9.17) is 14.1 Å². The molecule has 0 aliphatic carbocycles. The van der Waals surface area contributed by atoms with Crippen molar-refractivity contribution in [1.29, 1.82) is 0 Å². The van der Waals surface area contributed by atoms with Crippen LogP contribution >= 0.6 is 0 Å². The lowest BCUT2D eigenvalue weighted by Gasteiger charge is -2.29. The van der Waals surface area contributed by atoms with Gasteiger partial charge in [0.15, 0.2) is 0 Å². The Balaban J connectivity index is 1.50. The molecule has 3 saturated heterocycles. The molecule has 0 aromatic carbocycles. The standard InChI is InChI=1S/C13H22N4O8S/c18-12(15-24-8-10-6-14-4-1-5-23-10)11-3-2-9-7-16(11)13(19)17(9)25-26(20,21)22/h9-11,14H,1-8H2,(H,15,18)(H,20,21,22)/t9-,10?,11+/m1/s1. The second-order valence-electron chi connectivity index (χ2n) is 6.34. The van der Waals surface area contributed by atoms with Crippen molar-refractivity contribution in [3.8, 4) is 0 Å². The van der Waals surface area contributed by atoms with Gasteiger partial charge in [0, 0.05) is 19.7 Å². The topological polar surface area (TPSA) is 147 Å². The van der Waals surface area contributed by atoms with Gasteiger partial charge in [-0.1, -0.05) is 0 Å². The Kier molecular flexibility index (Phi) is 5.94. The first-order valence-electron chi connectivity index (χ1n) is 8.36. The number of nitrogens with one attached hydrogen (secondary N) is 2. The van der Waals surface area contributed by atoms with Gasteiger partial charge in [0.05, 0.1) is 12.1 Å². The Morgan fingerprint density at radius 1 is 1.42 bits per heavy atom. The number of hydroxylamine groups is 3. The number of hydrogen-bond acceptors (Lipinski definition) is 8. The summed E-state index contributed by atoms with van der Waals surface area (Å²) < 4.78 is 40.3. The smallest absolute Gasteiger partial charge is 0.374 e. The van der Waals surface area contributed by atoms with Crippen LogP contribution in [0.25, 0.3) is 0 Å². The van der Waals surface area contributed by atoms with Gasteiger partial charge in [0.1, 0.15) is 12.6 Å². The zero-order valence-corrected chi connectivity index (χ0v) is 14.8. The first-order chi connectivity index (χ1) is 12.3. The van der Waals surface area contributed by atoms with Crippen molar-refractivity contribution in [3.05, 3.63) is 0 Å². The Bertz CT molecular complexity index is 636. The molecule has 3 amide bonds. The van der Waals surface area contributed by atoms with Crippen LogP contribution < -0.4 is 10.8 Å². The summed E-state index contributed by atoms with van der Waals surface area (Å²) in [6.45, 7) is 2.39. The molecule has 3 aliphatic rings. The van der Waals surface area contributed by atoms with E-state index in [1.165, 1.54) is 4.90 Å². The highest BCUT2D eigenvalue weighted by Gasteiger charge is 2.49. The molecule has 13 heteroatoms. The fraction of sp³-hybridized carbons (Fsp3) is 0.846. The van der Waals surface area contributed by atoms with E-state index in [2.05, 4.69) is 15.1 Å². The van der Waals surface area contributed by atoms with Gasteiger partial charge in [0.2, 0.25) is 0 Å². The Morgan fingerprint density at radius 3 is 3.00 bits per heavy atom. The van der Waals surface area contributed by atoms with Gasteiger partial charge in [-0.3, -0.25) is 14.2 Å². The van der Waals surface area contributed by atoms with Crippen LogP contribution in [0.15, 0.2) is 0 Å². The highest BCUT2D eigenvalue weighted by molar-refractivity contribution is 7.80. The molecule has 0 spiro atoms. The van der Waals surface area contributed by atoms with Crippen LogP contribution in [0.5, 0.6) is 0 Å². The van der Waals surface area contributed by atoms with Gasteiger partial charge in [-0.25, -0.2) is 10.3 Å². The molecule has 0 aromatic rings. The number of amides is 3. The van der Waals surface area contributed by atoms with E-state index in [1.54, 1.807) is 0 Å². The quantitative estimate of drug-likeness (QED) is 0.358. The van der Waals surface area contributed by atoms with Crippen molar-refractivity contribution < 1.29 is 36.4 Å². The summed E-state index contributed by atoms with van der Waals surface area (Å²) in [5.74, 6) is -0.507. The second kappa shape index (κ2) is 8.02. The van der Waals surface area contributed by atoms with Gasteiger partial charge < -0.3 is 15.0 Å². The van der Waals surface area contributed by atoms with Crippen LogP contribution in [0.4, 0.5) is 4.79 Å². The molecule has 0 saturated carbocycles. The fourth-order valence-electron chi connectivity index (χ4n) is 3.25. The summed E-state index contributed by atoms with van der Waals surface area (Å²) in [6.07, 6.45) is 1.40. The monoisotopic (exact) mass is 394 g/mol. The SMILES string of the molecule is O=C(NOCC1CNCCCO1)[C@@H]1CC[C@@H]2CN1C(=O)N2OS(=O)(=O)O. The lowest BCUT2D eigenvalue weighted by atomic mass is 10.0. The average Bonchev–Trinajstić information content (AvgIpc) is 2.78. The summed E-state index contributed by atoms with van der Waals surface area (Å²) >= 11 is 0. The minimum Gasteiger partial charge on any atom is -0.374 e. The summed E-state index contributed by atoms with van der Waals surface area (Å²) in [5.41, 5.74) is 2.32. The number of rotatable bonds is 6. The summed E-state index contributed by atoms with van der Waals surface area (Å²) in [7, 11) is -4.81. The number of carbonyl (C=O) groups is 2. The molecule has 3 aliphatic heterocycles. The van der Waals surface area contributed by atoms with Crippen LogP contribution in [0, 0.1) is 0 Å². The van der Waals surface area contributed by atoms with Gasteiger partial charge >= 0.3 is 16.4 Å². The van der Waals surface area contributed by atoms with Crippen LogP contribution in [-0.2, 0) is 29.1 Å². The average molecular weight is 394 g/mol. The molecule has 3 rings (SSSR count). The summed E-state index contributed by atoms with van der Waals surface area (Å²) in [6, 6.07) is -2.14. The molecule has 3 atom stereocenters. The van der Waals surface area contributed by atoms with E-state index in [9.17, 15) is 18.0 Å². The molecule has 26 heavy (non-hydrogen) atoms.